The second kappa shape index (κ2) is 6.90. The number of nitrogen functional groups attached to an aromatic ring is 1. The van der Waals surface area contributed by atoms with Crippen LogP contribution in [0.1, 0.15) is 36.4 Å². The number of hydrogen-bond acceptors (Lipinski definition) is 6. The minimum atomic E-state index is -0.0358. The van der Waals surface area contributed by atoms with Crippen LogP contribution in [0.15, 0.2) is 0 Å². The minimum Gasteiger partial charge on any atom is -0.382 e. The molecule has 0 aliphatic carbocycles. The van der Waals surface area contributed by atoms with Gasteiger partial charge in [-0.15, -0.1) is 0 Å². The zero-order valence-corrected chi connectivity index (χ0v) is 12.8. The first-order valence-electron chi connectivity index (χ1n) is 7.06. The van der Waals surface area contributed by atoms with Crippen molar-refractivity contribution in [2.45, 2.75) is 32.8 Å². The van der Waals surface area contributed by atoms with Crippen molar-refractivity contribution in [2.75, 3.05) is 37.3 Å². The predicted octanol–water partition coefficient (Wildman–Crippen LogP) is 1.80. The number of rotatable bonds is 5. The molecule has 1 amide bonds. The van der Waals surface area contributed by atoms with Crippen molar-refractivity contribution in [3.8, 4) is 0 Å². The molecule has 0 aromatic carbocycles. The molecule has 112 valence electrons. The van der Waals surface area contributed by atoms with E-state index < -0.39 is 0 Å². The number of amides is 1. The van der Waals surface area contributed by atoms with Gasteiger partial charge >= 0.3 is 0 Å². The van der Waals surface area contributed by atoms with E-state index in [2.05, 4.69) is 24.1 Å². The third-order valence-electron chi connectivity index (χ3n) is 3.26. The first-order valence-corrected chi connectivity index (χ1v) is 7.88. The van der Waals surface area contributed by atoms with Gasteiger partial charge in [0.05, 0.1) is 12.7 Å². The van der Waals surface area contributed by atoms with Crippen LogP contribution in [0.2, 0.25) is 0 Å². The molecule has 0 saturated carbocycles. The highest BCUT2D eigenvalue weighted by Gasteiger charge is 2.27. The lowest BCUT2D eigenvalue weighted by Crippen LogP contribution is -2.45. The van der Waals surface area contributed by atoms with Crippen molar-refractivity contribution >= 4 is 28.2 Å². The Labute approximate surface area is 123 Å². The maximum Gasteiger partial charge on any atom is 0.268 e. The average Bonchev–Trinajstić information content (AvgIpc) is 2.85. The molecule has 3 N–H and O–H groups in total. The van der Waals surface area contributed by atoms with Crippen molar-refractivity contribution in [1.82, 2.24) is 9.88 Å². The fraction of sp³-hybridized carbons (Fsp3) is 0.692. The number of anilines is 2. The van der Waals surface area contributed by atoms with E-state index in [-0.39, 0.29) is 12.0 Å². The third kappa shape index (κ3) is 3.40. The van der Waals surface area contributed by atoms with E-state index in [1.54, 1.807) is 0 Å². The van der Waals surface area contributed by atoms with E-state index in [1.165, 1.54) is 11.3 Å². The summed E-state index contributed by atoms with van der Waals surface area (Å²) in [6.07, 6.45) is 2.04. The molecule has 0 bridgehead atoms. The number of morpholine rings is 1. The largest absolute Gasteiger partial charge is 0.382 e. The van der Waals surface area contributed by atoms with Gasteiger partial charge < -0.3 is 20.7 Å². The zero-order valence-electron chi connectivity index (χ0n) is 12.0. The summed E-state index contributed by atoms with van der Waals surface area (Å²) < 4.78 is 5.58. The van der Waals surface area contributed by atoms with Crippen molar-refractivity contribution in [3.63, 3.8) is 0 Å². The molecule has 1 aromatic heterocycles. The maximum absolute atomic E-state index is 12.5. The maximum atomic E-state index is 12.5. The molecule has 2 rings (SSSR count). The standard InChI is InChI=1S/C13H22N4O2S/c1-3-5-15-13-16-11(14)10(20-13)12(18)17-6-7-19-9(4-2)8-17/h9H,3-8,14H2,1-2H3,(H,15,16). The van der Waals surface area contributed by atoms with Gasteiger partial charge in [-0.2, -0.15) is 0 Å². The summed E-state index contributed by atoms with van der Waals surface area (Å²) in [7, 11) is 0. The average molecular weight is 298 g/mol. The Bertz CT molecular complexity index is 463. The van der Waals surface area contributed by atoms with Gasteiger partial charge in [0.15, 0.2) is 5.13 Å². The molecule has 2 heterocycles. The van der Waals surface area contributed by atoms with E-state index in [0.29, 0.717) is 35.5 Å². The number of carbonyl (C=O) groups excluding carboxylic acids is 1. The van der Waals surface area contributed by atoms with Crippen LogP contribution in [-0.2, 0) is 4.74 Å². The van der Waals surface area contributed by atoms with Crippen LogP contribution < -0.4 is 11.1 Å². The summed E-state index contributed by atoms with van der Waals surface area (Å²) in [5, 5.41) is 3.88. The Morgan fingerprint density at radius 3 is 3.10 bits per heavy atom. The van der Waals surface area contributed by atoms with E-state index in [9.17, 15) is 4.79 Å². The van der Waals surface area contributed by atoms with Gasteiger partial charge in [0.2, 0.25) is 0 Å². The Kier molecular flexibility index (Phi) is 5.19. The van der Waals surface area contributed by atoms with E-state index >= 15 is 0 Å². The molecule has 20 heavy (non-hydrogen) atoms. The molecule has 1 aromatic rings. The van der Waals surface area contributed by atoms with Gasteiger partial charge in [-0.1, -0.05) is 25.2 Å². The molecular formula is C13H22N4O2S. The quantitative estimate of drug-likeness (QED) is 0.866. The number of thiazole rings is 1. The molecule has 0 spiro atoms. The van der Waals surface area contributed by atoms with Crippen LogP contribution >= 0.6 is 11.3 Å². The Hall–Kier alpha value is -1.34. The lowest BCUT2D eigenvalue weighted by atomic mass is 10.2. The monoisotopic (exact) mass is 298 g/mol. The summed E-state index contributed by atoms with van der Waals surface area (Å²) >= 11 is 1.33. The van der Waals surface area contributed by atoms with Crippen molar-refractivity contribution in [2.24, 2.45) is 0 Å². The lowest BCUT2D eigenvalue weighted by molar-refractivity contribution is -0.0224. The number of ether oxygens (including phenoxy) is 1. The molecule has 1 atom stereocenters. The summed E-state index contributed by atoms with van der Waals surface area (Å²) in [4.78, 5) is 19.1. The minimum absolute atomic E-state index is 0.0358. The molecular weight excluding hydrogens is 276 g/mol. The number of nitrogens with one attached hydrogen (secondary N) is 1. The molecule has 1 saturated heterocycles. The molecule has 1 fully saturated rings. The third-order valence-corrected chi connectivity index (χ3v) is 4.27. The van der Waals surface area contributed by atoms with Crippen molar-refractivity contribution in [1.29, 1.82) is 0 Å². The number of nitrogens with two attached hydrogens (primary N) is 1. The number of nitrogens with zero attached hydrogens (tertiary/aromatic N) is 2. The van der Waals surface area contributed by atoms with Gasteiger partial charge in [-0.25, -0.2) is 4.98 Å². The molecule has 6 nitrogen and oxygen atoms in total. The summed E-state index contributed by atoms with van der Waals surface area (Å²) in [5.74, 6) is 0.282. The molecule has 1 unspecified atom stereocenters. The second-order valence-electron chi connectivity index (χ2n) is 4.81. The highest BCUT2D eigenvalue weighted by molar-refractivity contribution is 7.18. The fourth-order valence-corrected chi connectivity index (χ4v) is 2.97. The number of carbonyl (C=O) groups is 1. The van der Waals surface area contributed by atoms with Gasteiger partial charge in [-0.3, -0.25) is 4.79 Å². The van der Waals surface area contributed by atoms with Gasteiger partial charge in [0.1, 0.15) is 10.7 Å². The van der Waals surface area contributed by atoms with Crippen LogP contribution in [0, 0.1) is 0 Å². The zero-order chi connectivity index (χ0) is 14.5. The summed E-state index contributed by atoms with van der Waals surface area (Å²) in [5.41, 5.74) is 5.87. The molecule has 0 radical (unpaired) electrons. The van der Waals surface area contributed by atoms with Crippen LogP contribution in [0.4, 0.5) is 10.9 Å². The SMILES string of the molecule is CCCNc1nc(N)c(C(=O)N2CCOC(CC)C2)s1. The first-order chi connectivity index (χ1) is 9.65. The number of aromatic nitrogens is 1. The van der Waals surface area contributed by atoms with Crippen molar-refractivity contribution < 1.29 is 9.53 Å². The van der Waals surface area contributed by atoms with Crippen LogP contribution in [-0.4, -0.2) is 48.1 Å². The molecule has 7 heteroatoms. The van der Waals surface area contributed by atoms with Gasteiger partial charge in [-0.05, 0) is 12.8 Å². The van der Waals surface area contributed by atoms with Crippen LogP contribution in [0.5, 0.6) is 0 Å². The Morgan fingerprint density at radius 1 is 1.60 bits per heavy atom. The van der Waals surface area contributed by atoms with E-state index in [0.717, 1.165) is 19.4 Å². The van der Waals surface area contributed by atoms with Gasteiger partial charge in [0, 0.05) is 19.6 Å². The van der Waals surface area contributed by atoms with E-state index in [4.69, 9.17) is 10.5 Å². The Balaban J connectivity index is 2.06. The highest BCUT2D eigenvalue weighted by atomic mass is 32.1. The topological polar surface area (TPSA) is 80.5 Å². The fourth-order valence-electron chi connectivity index (χ4n) is 2.09. The number of hydrogen-bond donors (Lipinski definition) is 2. The van der Waals surface area contributed by atoms with Crippen LogP contribution in [0.3, 0.4) is 0 Å². The molecule has 1 aliphatic rings. The van der Waals surface area contributed by atoms with Gasteiger partial charge in [0.25, 0.3) is 5.91 Å². The molecule has 1 aliphatic heterocycles. The highest BCUT2D eigenvalue weighted by Crippen LogP contribution is 2.27. The smallest absolute Gasteiger partial charge is 0.268 e. The second-order valence-corrected chi connectivity index (χ2v) is 5.81. The van der Waals surface area contributed by atoms with Crippen molar-refractivity contribution in [3.05, 3.63) is 4.88 Å². The predicted molar refractivity (Wildman–Crippen MR) is 81.2 cm³/mol. The summed E-state index contributed by atoms with van der Waals surface area (Å²) in [6, 6.07) is 0. The van der Waals surface area contributed by atoms with Crippen LogP contribution in [0.25, 0.3) is 0 Å². The first kappa shape index (κ1) is 15.1. The Morgan fingerprint density at radius 2 is 2.40 bits per heavy atom. The summed E-state index contributed by atoms with van der Waals surface area (Å²) in [6.45, 7) is 6.80. The van der Waals surface area contributed by atoms with E-state index in [1.807, 2.05) is 4.90 Å². The normalized spacial score (nSPS) is 19.1. The lowest BCUT2D eigenvalue weighted by Gasteiger charge is -2.32.